The molecule has 0 aliphatic heterocycles. The Balaban J connectivity index is 2.85. The van der Waals surface area contributed by atoms with E-state index >= 15 is 0 Å². The van der Waals surface area contributed by atoms with Gasteiger partial charge in [-0.1, -0.05) is 30.3 Å². The summed E-state index contributed by atoms with van der Waals surface area (Å²) in [4.78, 5) is 10.8. The standard InChI is InChI=1S/C10H10O2S/c1-8(7-10(11)12-13)9-5-3-2-4-6-9/h2-7,13H,1H3. The van der Waals surface area contributed by atoms with E-state index in [4.69, 9.17) is 0 Å². The molecule has 0 radical (unpaired) electrons. The zero-order valence-electron chi connectivity index (χ0n) is 7.23. The Kier molecular flexibility index (Phi) is 3.58. The second kappa shape index (κ2) is 4.72. The van der Waals surface area contributed by atoms with Crippen LogP contribution >= 0.6 is 12.9 Å². The van der Waals surface area contributed by atoms with Crippen LogP contribution in [0.15, 0.2) is 36.4 Å². The molecular weight excluding hydrogens is 184 g/mol. The summed E-state index contributed by atoms with van der Waals surface area (Å²) >= 11 is 3.41. The van der Waals surface area contributed by atoms with E-state index in [0.717, 1.165) is 11.1 Å². The molecule has 13 heavy (non-hydrogen) atoms. The fourth-order valence-electron chi connectivity index (χ4n) is 0.988. The lowest BCUT2D eigenvalue weighted by Crippen LogP contribution is -1.91. The summed E-state index contributed by atoms with van der Waals surface area (Å²) in [5.74, 6) is -0.454. The SMILES string of the molecule is CC(=CC(=O)OS)c1ccccc1. The van der Waals surface area contributed by atoms with Gasteiger partial charge in [0.1, 0.15) is 0 Å². The van der Waals surface area contributed by atoms with Crippen molar-refractivity contribution in [3.05, 3.63) is 42.0 Å². The molecule has 2 nitrogen and oxygen atoms in total. The van der Waals surface area contributed by atoms with Crippen molar-refractivity contribution >= 4 is 24.5 Å². The van der Waals surface area contributed by atoms with Gasteiger partial charge in [0.2, 0.25) is 0 Å². The molecule has 0 aliphatic carbocycles. The van der Waals surface area contributed by atoms with Crippen LogP contribution in [0, 0.1) is 0 Å². The third-order valence-corrected chi connectivity index (χ3v) is 1.83. The molecular formula is C10H10O2S. The molecule has 0 heterocycles. The van der Waals surface area contributed by atoms with Crippen LogP contribution in [0.1, 0.15) is 12.5 Å². The largest absolute Gasteiger partial charge is 0.391 e. The zero-order chi connectivity index (χ0) is 9.68. The predicted octanol–water partition coefficient (Wildman–Crippen LogP) is 2.48. The summed E-state index contributed by atoms with van der Waals surface area (Å²) in [7, 11) is 0. The number of rotatable bonds is 2. The molecule has 0 bridgehead atoms. The molecule has 0 saturated carbocycles. The highest BCUT2D eigenvalue weighted by atomic mass is 32.1. The number of allylic oxidation sites excluding steroid dienone is 1. The molecule has 68 valence electrons. The summed E-state index contributed by atoms with van der Waals surface area (Å²) in [6.45, 7) is 1.85. The maximum absolute atomic E-state index is 10.8. The minimum atomic E-state index is -0.454. The summed E-state index contributed by atoms with van der Waals surface area (Å²) in [6.07, 6.45) is 1.41. The summed E-state index contributed by atoms with van der Waals surface area (Å²) in [5.41, 5.74) is 1.86. The van der Waals surface area contributed by atoms with Gasteiger partial charge in [-0.15, -0.1) is 0 Å². The maximum Gasteiger partial charge on any atom is 0.342 e. The fraction of sp³-hybridized carbons (Fsp3) is 0.100. The highest BCUT2D eigenvalue weighted by Crippen LogP contribution is 2.12. The molecule has 1 rings (SSSR count). The van der Waals surface area contributed by atoms with E-state index in [-0.39, 0.29) is 0 Å². The second-order valence-electron chi connectivity index (χ2n) is 2.60. The summed E-state index contributed by atoms with van der Waals surface area (Å²) in [6, 6.07) is 9.61. The molecule has 0 aromatic heterocycles. The highest BCUT2D eigenvalue weighted by molar-refractivity contribution is 7.75. The van der Waals surface area contributed by atoms with Crippen LogP contribution in [0.25, 0.3) is 5.57 Å². The van der Waals surface area contributed by atoms with Gasteiger partial charge in [-0.05, 0) is 18.1 Å². The van der Waals surface area contributed by atoms with E-state index in [1.807, 2.05) is 37.3 Å². The number of hydrogen-bond acceptors (Lipinski definition) is 3. The molecule has 3 heteroatoms. The van der Waals surface area contributed by atoms with Gasteiger partial charge in [0.05, 0.1) is 0 Å². The minimum absolute atomic E-state index is 0.454. The van der Waals surface area contributed by atoms with Crippen molar-refractivity contribution in [2.45, 2.75) is 6.92 Å². The summed E-state index contributed by atoms with van der Waals surface area (Å²) < 4.78 is 4.22. The van der Waals surface area contributed by atoms with E-state index < -0.39 is 5.97 Å². The second-order valence-corrected chi connectivity index (χ2v) is 2.79. The first-order valence-corrected chi connectivity index (χ1v) is 4.19. The van der Waals surface area contributed by atoms with Gasteiger partial charge in [-0.25, -0.2) is 4.79 Å². The van der Waals surface area contributed by atoms with Crippen molar-refractivity contribution in [1.29, 1.82) is 0 Å². The summed E-state index contributed by atoms with van der Waals surface area (Å²) in [5, 5.41) is 0. The molecule has 1 aromatic rings. The molecule has 0 aliphatic rings. The van der Waals surface area contributed by atoms with Crippen molar-refractivity contribution in [3.8, 4) is 0 Å². The first-order valence-electron chi connectivity index (χ1n) is 3.83. The first-order chi connectivity index (χ1) is 6.24. The van der Waals surface area contributed by atoms with Gasteiger partial charge in [0.25, 0.3) is 0 Å². The van der Waals surface area contributed by atoms with Gasteiger partial charge in [0.15, 0.2) is 0 Å². The Morgan fingerprint density at radius 3 is 2.54 bits per heavy atom. The molecule has 0 fully saturated rings. The highest BCUT2D eigenvalue weighted by Gasteiger charge is 1.98. The fourth-order valence-corrected chi connectivity index (χ4v) is 1.04. The van der Waals surface area contributed by atoms with Crippen molar-refractivity contribution in [2.75, 3.05) is 0 Å². The van der Waals surface area contributed by atoms with Crippen LogP contribution in [0.5, 0.6) is 0 Å². The third-order valence-electron chi connectivity index (χ3n) is 1.65. The van der Waals surface area contributed by atoms with Gasteiger partial charge < -0.3 is 4.18 Å². The van der Waals surface area contributed by atoms with E-state index in [0.29, 0.717) is 0 Å². The van der Waals surface area contributed by atoms with E-state index in [1.165, 1.54) is 6.08 Å². The van der Waals surface area contributed by atoms with Gasteiger partial charge in [0, 0.05) is 19.0 Å². The molecule has 0 saturated heterocycles. The van der Waals surface area contributed by atoms with Crippen molar-refractivity contribution in [1.82, 2.24) is 0 Å². The van der Waals surface area contributed by atoms with Gasteiger partial charge in [-0.3, -0.25) is 0 Å². The third kappa shape index (κ3) is 2.95. The smallest absolute Gasteiger partial charge is 0.342 e. The first kappa shape index (κ1) is 9.86. The number of benzene rings is 1. The van der Waals surface area contributed by atoms with E-state index in [1.54, 1.807) is 0 Å². The predicted molar refractivity (Wildman–Crippen MR) is 55.2 cm³/mol. The average molecular weight is 194 g/mol. The van der Waals surface area contributed by atoms with Crippen LogP contribution in [-0.2, 0) is 8.98 Å². The molecule has 0 atom stereocenters. The lowest BCUT2D eigenvalue weighted by atomic mass is 10.1. The number of carbonyl (C=O) groups excluding carboxylic acids is 1. The van der Waals surface area contributed by atoms with Crippen LogP contribution < -0.4 is 0 Å². The van der Waals surface area contributed by atoms with Crippen LogP contribution in [0.3, 0.4) is 0 Å². The van der Waals surface area contributed by atoms with Crippen LogP contribution in [-0.4, -0.2) is 5.97 Å². The normalized spacial score (nSPS) is 11.1. The molecule has 1 aromatic carbocycles. The number of carbonyl (C=O) groups is 1. The Labute approximate surface area is 82.8 Å². The topological polar surface area (TPSA) is 26.3 Å². The Morgan fingerprint density at radius 1 is 1.38 bits per heavy atom. The molecule has 0 amide bonds. The lowest BCUT2D eigenvalue weighted by Gasteiger charge is -1.99. The zero-order valence-corrected chi connectivity index (χ0v) is 8.12. The Hall–Kier alpha value is -1.22. The van der Waals surface area contributed by atoms with E-state index in [2.05, 4.69) is 17.1 Å². The van der Waals surface area contributed by atoms with Crippen LogP contribution in [0.2, 0.25) is 0 Å². The monoisotopic (exact) mass is 194 g/mol. The van der Waals surface area contributed by atoms with Crippen molar-refractivity contribution < 1.29 is 8.98 Å². The minimum Gasteiger partial charge on any atom is -0.391 e. The van der Waals surface area contributed by atoms with Gasteiger partial charge >= 0.3 is 5.97 Å². The maximum atomic E-state index is 10.8. The Bertz CT molecular complexity index is 317. The van der Waals surface area contributed by atoms with Crippen molar-refractivity contribution in [2.24, 2.45) is 0 Å². The molecule has 0 N–H and O–H groups in total. The number of hydrogen-bond donors (Lipinski definition) is 1. The molecule has 0 unspecified atom stereocenters. The van der Waals surface area contributed by atoms with Crippen molar-refractivity contribution in [3.63, 3.8) is 0 Å². The Morgan fingerprint density at radius 2 is 2.00 bits per heavy atom. The quantitative estimate of drug-likeness (QED) is 0.444. The van der Waals surface area contributed by atoms with E-state index in [9.17, 15) is 4.79 Å². The van der Waals surface area contributed by atoms with Gasteiger partial charge in [-0.2, -0.15) is 0 Å². The van der Waals surface area contributed by atoms with Crippen LogP contribution in [0.4, 0.5) is 0 Å². The lowest BCUT2D eigenvalue weighted by molar-refractivity contribution is -0.127. The number of thiol groups is 1. The average Bonchev–Trinajstić information content (AvgIpc) is 2.19. The molecule has 0 spiro atoms.